The Morgan fingerprint density at radius 2 is 2.05 bits per heavy atom. The fraction of sp³-hybridized carbons (Fsp3) is 0.704. The molecule has 2 aliphatic rings. The van der Waals surface area contributed by atoms with Crippen molar-refractivity contribution in [3.05, 3.63) is 34.9 Å². The lowest BCUT2D eigenvalue weighted by Gasteiger charge is -2.44. The quantitative estimate of drug-likeness (QED) is 0.371. The first-order valence-electron chi connectivity index (χ1n) is 13.3. The first-order valence-corrected chi connectivity index (χ1v) is 13.7. The summed E-state index contributed by atoms with van der Waals surface area (Å²) in [5.41, 5.74) is 0.270. The van der Waals surface area contributed by atoms with Crippen LogP contribution in [0.4, 0.5) is 9.59 Å². The third-order valence-corrected chi connectivity index (χ3v) is 7.82. The number of halogens is 1. The van der Waals surface area contributed by atoms with E-state index in [0.717, 1.165) is 57.4 Å². The Balaban J connectivity index is 1.68. The Kier molecular flexibility index (Phi) is 11.8. The van der Waals surface area contributed by atoms with Gasteiger partial charge in [-0.3, -0.25) is 0 Å². The Labute approximate surface area is 225 Å². The number of likely N-dealkylation sites (tertiary alicyclic amines) is 1. The Bertz CT molecular complexity index is 869. The van der Waals surface area contributed by atoms with Crippen LogP contribution >= 0.6 is 11.6 Å². The number of methoxy groups -OCH3 is 1. The summed E-state index contributed by atoms with van der Waals surface area (Å²) >= 11 is 6.34. The van der Waals surface area contributed by atoms with Crippen LogP contribution < -0.4 is 16.0 Å². The van der Waals surface area contributed by atoms with Crippen molar-refractivity contribution in [2.24, 2.45) is 11.8 Å². The van der Waals surface area contributed by atoms with Crippen LogP contribution in [0.25, 0.3) is 0 Å². The zero-order chi connectivity index (χ0) is 26.7. The van der Waals surface area contributed by atoms with E-state index in [2.05, 4.69) is 27.6 Å². The zero-order valence-electron chi connectivity index (χ0n) is 22.4. The summed E-state index contributed by atoms with van der Waals surface area (Å²) < 4.78 is 16.6. The number of ether oxygens (including phenoxy) is 3. The molecule has 9 nitrogen and oxygen atoms in total. The van der Waals surface area contributed by atoms with Gasteiger partial charge in [-0.05, 0) is 69.7 Å². The van der Waals surface area contributed by atoms with Crippen LogP contribution in [0.5, 0.6) is 0 Å². The van der Waals surface area contributed by atoms with Crippen molar-refractivity contribution in [3.8, 4) is 0 Å². The molecule has 0 radical (unpaired) electrons. The fourth-order valence-electron chi connectivity index (χ4n) is 5.42. The predicted molar refractivity (Wildman–Crippen MR) is 144 cm³/mol. The van der Waals surface area contributed by atoms with Crippen LogP contribution in [0.15, 0.2) is 24.3 Å². The number of urea groups is 1. The van der Waals surface area contributed by atoms with Crippen LogP contribution in [0.3, 0.4) is 0 Å². The van der Waals surface area contributed by atoms with Crippen LogP contribution in [-0.2, 0) is 19.8 Å². The number of hydrogen-bond donors (Lipinski definition) is 3. The highest BCUT2D eigenvalue weighted by atomic mass is 35.5. The van der Waals surface area contributed by atoms with Crippen molar-refractivity contribution in [2.45, 2.75) is 50.7 Å². The second kappa shape index (κ2) is 14.8. The standard InChI is InChI=1S/C27H43ClN4O5/c1-27(21-6-4-8-23(28)17-21,37-15-11-30-26(34)35-3)22-7-5-12-32(19-22)25(33)31-24(18-29-2)16-20-9-13-36-14-10-20/h4,6,8,17,20,22,24,29H,5,7,9-16,18-19H2,1-3H3,(H,30,34)(H,31,33). The molecular weight excluding hydrogens is 496 g/mol. The van der Waals surface area contributed by atoms with Crippen molar-refractivity contribution < 1.29 is 23.8 Å². The van der Waals surface area contributed by atoms with Gasteiger partial charge in [0.05, 0.1) is 19.3 Å². The lowest BCUT2D eigenvalue weighted by molar-refractivity contribution is -0.0926. The molecule has 2 heterocycles. The molecule has 0 aliphatic carbocycles. The number of carbonyl (C=O) groups is 2. The van der Waals surface area contributed by atoms with Gasteiger partial charge >= 0.3 is 12.1 Å². The highest BCUT2D eigenvalue weighted by Gasteiger charge is 2.41. The maximum absolute atomic E-state index is 13.4. The molecule has 208 valence electrons. The first kappa shape index (κ1) is 29.5. The maximum Gasteiger partial charge on any atom is 0.406 e. The Morgan fingerprint density at radius 3 is 2.76 bits per heavy atom. The average molecular weight is 539 g/mol. The minimum absolute atomic E-state index is 0.0298. The van der Waals surface area contributed by atoms with Gasteiger partial charge in [-0.15, -0.1) is 0 Å². The van der Waals surface area contributed by atoms with Crippen molar-refractivity contribution in [1.82, 2.24) is 20.9 Å². The van der Waals surface area contributed by atoms with E-state index < -0.39 is 11.7 Å². The molecule has 0 aromatic heterocycles. The highest BCUT2D eigenvalue weighted by Crippen LogP contribution is 2.39. The molecular formula is C27H43ClN4O5. The second-order valence-corrected chi connectivity index (χ2v) is 10.6. The van der Waals surface area contributed by atoms with Gasteiger partial charge in [0.2, 0.25) is 0 Å². The molecule has 3 N–H and O–H groups in total. The van der Waals surface area contributed by atoms with Crippen LogP contribution in [-0.4, -0.2) is 83.2 Å². The van der Waals surface area contributed by atoms with E-state index in [9.17, 15) is 9.59 Å². The molecule has 0 spiro atoms. The summed E-state index contributed by atoms with van der Waals surface area (Å²) in [6, 6.07) is 7.72. The molecule has 3 atom stereocenters. The maximum atomic E-state index is 13.4. The third-order valence-electron chi connectivity index (χ3n) is 7.58. The van der Waals surface area contributed by atoms with Gasteiger partial charge in [-0.25, -0.2) is 9.59 Å². The second-order valence-electron chi connectivity index (χ2n) is 10.2. The number of rotatable bonds is 11. The Morgan fingerprint density at radius 1 is 1.27 bits per heavy atom. The van der Waals surface area contributed by atoms with E-state index in [4.69, 9.17) is 21.1 Å². The van der Waals surface area contributed by atoms with E-state index in [0.29, 0.717) is 37.2 Å². The molecule has 1 aromatic carbocycles. The molecule has 10 heteroatoms. The van der Waals surface area contributed by atoms with Crippen LogP contribution in [0, 0.1) is 11.8 Å². The van der Waals surface area contributed by atoms with Crippen LogP contribution in [0.1, 0.15) is 44.6 Å². The summed E-state index contributed by atoms with van der Waals surface area (Å²) in [5, 5.41) is 9.81. The normalized spacial score (nSPS) is 21.1. The molecule has 2 aliphatic heterocycles. The largest absolute Gasteiger partial charge is 0.453 e. The van der Waals surface area contributed by atoms with Crippen molar-refractivity contribution in [1.29, 1.82) is 0 Å². The average Bonchev–Trinajstić information content (AvgIpc) is 2.91. The number of alkyl carbamates (subject to hydrolysis) is 1. The zero-order valence-corrected chi connectivity index (χ0v) is 23.1. The summed E-state index contributed by atoms with van der Waals surface area (Å²) in [7, 11) is 3.25. The molecule has 37 heavy (non-hydrogen) atoms. The van der Waals surface area contributed by atoms with Gasteiger partial charge < -0.3 is 35.1 Å². The molecule has 2 fully saturated rings. The molecule has 3 unspecified atom stereocenters. The van der Waals surface area contributed by atoms with Crippen molar-refractivity contribution in [3.63, 3.8) is 0 Å². The third kappa shape index (κ3) is 8.74. The van der Waals surface area contributed by atoms with Gasteiger partial charge in [0.25, 0.3) is 0 Å². The van der Waals surface area contributed by atoms with Gasteiger partial charge in [0, 0.05) is 56.4 Å². The lowest BCUT2D eigenvalue weighted by atomic mass is 9.78. The lowest BCUT2D eigenvalue weighted by Crippen LogP contribution is -2.54. The van der Waals surface area contributed by atoms with E-state index in [-0.39, 0.29) is 18.0 Å². The highest BCUT2D eigenvalue weighted by molar-refractivity contribution is 6.30. The summed E-state index contributed by atoms with van der Waals surface area (Å²) in [4.78, 5) is 26.8. The number of nitrogens with zero attached hydrogens (tertiary/aromatic N) is 1. The van der Waals surface area contributed by atoms with Gasteiger partial charge in [0.1, 0.15) is 0 Å². The van der Waals surface area contributed by atoms with Gasteiger partial charge in [0.15, 0.2) is 0 Å². The molecule has 1 aromatic rings. The van der Waals surface area contributed by atoms with E-state index in [1.165, 1.54) is 7.11 Å². The number of likely N-dealkylation sites (N-methyl/N-ethyl adjacent to an activating group) is 1. The smallest absolute Gasteiger partial charge is 0.406 e. The number of nitrogens with one attached hydrogen (secondary N) is 3. The predicted octanol–water partition coefficient (Wildman–Crippen LogP) is 3.75. The molecule has 0 saturated carbocycles. The molecule has 3 rings (SSSR count). The number of piperidine rings is 1. The molecule has 0 bridgehead atoms. The van der Waals surface area contributed by atoms with Crippen LogP contribution in [0.2, 0.25) is 5.02 Å². The number of carbonyl (C=O) groups excluding carboxylic acids is 2. The SMILES string of the molecule is CNCC(CC1CCOCC1)NC(=O)N1CCCC(C(C)(OCCNC(=O)OC)c2cccc(Cl)c2)C1. The fourth-order valence-corrected chi connectivity index (χ4v) is 5.61. The van der Waals surface area contributed by atoms with Crippen molar-refractivity contribution in [2.75, 3.05) is 60.2 Å². The summed E-state index contributed by atoms with van der Waals surface area (Å²) in [6.07, 6.45) is 4.34. The minimum Gasteiger partial charge on any atom is -0.453 e. The number of benzene rings is 1. The number of hydrogen-bond acceptors (Lipinski definition) is 6. The van der Waals surface area contributed by atoms with E-state index >= 15 is 0 Å². The first-order chi connectivity index (χ1) is 17.9. The van der Waals surface area contributed by atoms with Gasteiger partial charge in [-0.2, -0.15) is 0 Å². The minimum atomic E-state index is -0.686. The summed E-state index contributed by atoms with van der Waals surface area (Å²) in [5.74, 6) is 0.626. The Hall–Kier alpha value is -2.07. The summed E-state index contributed by atoms with van der Waals surface area (Å²) in [6.45, 7) is 6.29. The molecule has 2 saturated heterocycles. The van der Waals surface area contributed by atoms with Gasteiger partial charge in [-0.1, -0.05) is 23.7 Å². The molecule has 3 amide bonds. The van der Waals surface area contributed by atoms with E-state index in [1.807, 2.05) is 36.2 Å². The van der Waals surface area contributed by atoms with Crippen molar-refractivity contribution >= 4 is 23.7 Å². The number of amides is 3. The van der Waals surface area contributed by atoms with E-state index in [1.54, 1.807) is 0 Å². The monoisotopic (exact) mass is 538 g/mol. The topological polar surface area (TPSA) is 101 Å².